The third-order valence-electron chi connectivity index (χ3n) is 4.12. The zero-order chi connectivity index (χ0) is 18.8. The van der Waals surface area contributed by atoms with Crippen molar-refractivity contribution in [3.63, 3.8) is 0 Å². The fraction of sp³-hybridized carbons (Fsp3) is 0.105. The number of para-hydroxylation sites is 1. The molecule has 0 saturated carbocycles. The maximum absolute atomic E-state index is 13.3. The van der Waals surface area contributed by atoms with Crippen LogP contribution in [0.25, 0.3) is 0 Å². The molecule has 136 valence electrons. The summed E-state index contributed by atoms with van der Waals surface area (Å²) in [5, 5.41) is 11.8. The highest BCUT2D eigenvalue weighted by atomic mass is 19.1. The second-order valence-electron chi connectivity index (χ2n) is 6.01. The van der Waals surface area contributed by atoms with Crippen molar-refractivity contribution in [3.05, 3.63) is 77.4 Å². The van der Waals surface area contributed by atoms with Crippen molar-refractivity contribution in [2.24, 2.45) is 0 Å². The first-order valence-electron chi connectivity index (χ1n) is 8.23. The molecule has 2 heterocycles. The lowest BCUT2D eigenvalue weighted by Crippen LogP contribution is -2.33. The number of carbonyl (C=O) groups is 2. The summed E-state index contributed by atoms with van der Waals surface area (Å²) in [6.45, 7) is 0.219. The van der Waals surface area contributed by atoms with E-state index in [0.29, 0.717) is 22.7 Å². The summed E-state index contributed by atoms with van der Waals surface area (Å²) in [5.74, 6) is -0.706. The van der Waals surface area contributed by atoms with Crippen LogP contribution in [0.4, 0.5) is 10.1 Å². The van der Waals surface area contributed by atoms with Crippen molar-refractivity contribution in [1.29, 1.82) is 0 Å². The van der Waals surface area contributed by atoms with E-state index in [1.807, 2.05) is 30.3 Å². The molecule has 8 heteroatoms. The fourth-order valence-electron chi connectivity index (χ4n) is 2.81. The normalized spacial score (nSPS) is 15.1. The molecule has 0 saturated heterocycles. The van der Waals surface area contributed by atoms with E-state index in [4.69, 9.17) is 4.74 Å². The number of nitrogens with zero attached hydrogens (tertiary/aromatic N) is 1. The van der Waals surface area contributed by atoms with Crippen LogP contribution in [0.3, 0.4) is 0 Å². The van der Waals surface area contributed by atoms with Crippen LogP contribution in [0, 0.1) is 5.82 Å². The van der Waals surface area contributed by atoms with Crippen LogP contribution in [0.15, 0.2) is 54.6 Å². The van der Waals surface area contributed by atoms with Gasteiger partial charge in [0.15, 0.2) is 0 Å². The maximum Gasteiger partial charge on any atom is 0.272 e. The van der Waals surface area contributed by atoms with Gasteiger partial charge in [-0.2, -0.15) is 5.10 Å². The Hall–Kier alpha value is -3.68. The molecule has 1 aliphatic heterocycles. The summed E-state index contributed by atoms with van der Waals surface area (Å²) in [4.78, 5) is 24.5. The Morgan fingerprint density at radius 3 is 2.81 bits per heavy atom. The lowest BCUT2D eigenvalue weighted by molar-refractivity contribution is -0.117. The summed E-state index contributed by atoms with van der Waals surface area (Å²) >= 11 is 0. The number of ether oxygens (including phenoxy) is 1. The highest BCUT2D eigenvalue weighted by Gasteiger charge is 2.32. The molecule has 2 amide bonds. The molecule has 0 fully saturated rings. The molecule has 27 heavy (non-hydrogen) atoms. The highest BCUT2D eigenvalue weighted by molar-refractivity contribution is 6.05. The minimum absolute atomic E-state index is 0.130. The van der Waals surface area contributed by atoms with Gasteiger partial charge >= 0.3 is 0 Å². The van der Waals surface area contributed by atoms with Crippen LogP contribution < -0.4 is 15.4 Å². The van der Waals surface area contributed by atoms with Crippen LogP contribution in [-0.2, 0) is 11.4 Å². The number of halogens is 1. The van der Waals surface area contributed by atoms with Crippen LogP contribution in [0.5, 0.6) is 5.75 Å². The topological polar surface area (TPSA) is 96.1 Å². The molecule has 1 atom stereocenters. The van der Waals surface area contributed by atoms with Gasteiger partial charge in [0.05, 0.1) is 5.69 Å². The zero-order valence-corrected chi connectivity index (χ0v) is 14.0. The number of H-pyrrole nitrogens is 1. The molecule has 1 aromatic heterocycles. The predicted octanol–water partition coefficient (Wildman–Crippen LogP) is 2.55. The minimum Gasteiger partial charge on any atom is -0.487 e. The zero-order valence-electron chi connectivity index (χ0n) is 14.0. The van der Waals surface area contributed by atoms with Crippen LogP contribution >= 0.6 is 0 Å². The number of anilines is 1. The summed E-state index contributed by atoms with van der Waals surface area (Å²) in [5.41, 5.74) is 1.61. The van der Waals surface area contributed by atoms with Crippen molar-refractivity contribution in [2.45, 2.75) is 12.6 Å². The Morgan fingerprint density at radius 2 is 2.00 bits per heavy atom. The SMILES string of the molecule is O=C(NC1C(=O)Nc2cc(F)ccc21)c1cc(COc2ccccc2)[nH]n1. The largest absolute Gasteiger partial charge is 0.487 e. The first-order valence-corrected chi connectivity index (χ1v) is 8.23. The number of fused-ring (bicyclic) bond motifs is 1. The lowest BCUT2D eigenvalue weighted by atomic mass is 10.1. The number of hydrogen-bond acceptors (Lipinski definition) is 4. The molecule has 4 rings (SSSR count). The number of nitrogens with one attached hydrogen (secondary N) is 3. The molecule has 0 radical (unpaired) electrons. The predicted molar refractivity (Wildman–Crippen MR) is 94.6 cm³/mol. The van der Waals surface area contributed by atoms with E-state index in [1.165, 1.54) is 18.2 Å². The molecule has 0 aliphatic carbocycles. The molecule has 0 spiro atoms. The second kappa shape index (κ2) is 6.91. The molecule has 1 unspecified atom stereocenters. The molecular weight excluding hydrogens is 351 g/mol. The van der Waals surface area contributed by atoms with Crippen molar-refractivity contribution in [2.75, 3.05) is 5.32 Å². The number of benzene rings is 2. The van der Waals surface area contributed by atoms with Gasteiger partial charge in [-0.15, -0.1) is 0 Å². The molecule has 1 aliphatic rings. The Bertz CT molecular complexity index is 1000. The standard InChI is InChI=1S/C19H15FN4O3/c20-11-6-7-14-15(8-11)21-19(26)17(14)22-18(25)16-9-12(23-24-16)10-27-13-4-2-1-3-5-13/h1-9,17H,10H2,(H,21,26)(H,22,25)(H,23,24). The van der Waals surface area contributed by atoms with Gasteiger partial charge in [-0.3, -0.25) is 14.7 Å². The van der Waals surface area contributed by atoms with E-state index in [2.05, 4.69) is 20.8 Å². The number of hydrogen-bond donors (Lipinski definition) is 3. The monoisotopic (exact) mass is 366 g/mol. The van der Waals surface area contributed by atoms with E-state index in [-0.39, 0.29) is 12.3 Å². The third kappa shape index (κ3) is 3.50. The summed E-state index contributed by atoms with van der Waals surface area (Å²) < 4.78 is 18.9. The smallest absolute Gasteiger partial charge is 0.272 e. The number of amides is 2. The summed E-state index contributed by atoms with van der Waals surface area (Å²) in [7, 11) is 0. The highest BCUT2D eigenvalue weighted by Crippen LogP contribution is 2.31. The third-order valence-corrected chi connectivity index (χ3v) is 4.12. The van der Waals surface area contributed by atoms with Gasteiger partial charge in [0.25, 0.3) is 11.8 Å². The van der Waals surface area contributed by atoms with Gasteiger partial charge in [-0.05, 0) is 30.3 Å². The van der Waals surface area contributed by atoms with Gasteiger partial charge in [0, 0.05) is 11.3 Å². The van der Waals surface area contributed by atoms with Crippen LogP contribution in [0.1, 0.15) is 27.8 Å². The van der Waals surface area contributed by atoms with E-state index in [0.717, 1.165) is 0 Å². The number of aromatic nitrogens is 2. The van der Waals surface area contributed by atoms with E-state index in [9.17, 15) is 14.0 Å². The van der Waals surface area contributed by atoms with E-state index < -0.39 is 23.7 Å². The first kappa shape index (κ1) is 16.8. The average molecular weight is 366 g/mol. The van der Waals surface area contributed by atoms with Crippen LogP contribution in [-0.4, -0.2) is 22.0 Å². The molecule has 3 aromatic rings. The van der Waals surface area contributed by atoms with Crippen molar-refractivity contribution in [1.82, 2.24) is 15.5 Å². The molecule has 7 nitrogen and oxygen atoms in total. The second-order valence-corrected chi connectivity index (χ2v) is 6.01. The summed E-state index contributed by atoms with van der Waals surface area (Å²) in [6, 6.07) is 13.8. The minimum atomic E-state index is -0.895. The van der Waals surface area contributed by atoms with Crippen molar-refractivity contribution < 1.29 is 18.7 Å². The number of carbonyl (C=O) groups excluding carboxylic acids is 2. The van der Waals surface area contributed by atoms with Gasteiger partial charge in [0.1, 0.15) is 29.9 Å². The van der Waals surface area contributed by atoms with E-state index >= 15 is 0 Å². The Balaban J connectivity index is 1.42. The lowest BCUT2D eigenvalue weighted by Gasteiger charge is -2.10. The molecule has 0 bridgehead atoms. The van der Waals surface area contributed by atoms with Gasteiger partial charge in [-0.25, -0.2) is 4.39 Å². The molecule has 2 aromatic carbocycles. The number of rotatable bonds is 5. The Kier molecular flexibility index (Phi) is 4.29. The fourth-order valence-corrected chi connectivity index (χ4v) is 2.81. The van der Waals surface area contributed by atoms with Gasteiger partial charge in [-0.1, -0.05) is 24.3 Å². The molecular formula is C19H15FN4O3. The molecule has 3 N–H and O–H groups in total. The van der Waals surface area contributed by atoms with Crippen molar-refractivity contribution >= 4 is 17.5 Å². The van der Waals surface area contributed by atoms with E-state index in [1.54, 1.807) is 6.07 Å². The van der Waals surface area contributed by atoms with Crippen LogP contribution in [0.2, 0.25) is 0 Å². The number of aromatic amines is 1. The van der Waals surface area contributed by atoms with Crippen molar-refractivity contribution in [3.8, 4) is 5.75 Å². The van der Waals surface area contributed by atoms with Gasteiger partial charge in [0.2, 0.25) is 0 Å². The quantitative estimate of drug-likeness (QED) is 0.647. The Morgan fingerprint density at radius 1 is 1.19 bits per heavy atom. The first-order chi connectivity index (χ1) is 13.1. The Labute approximate surface area is 153 Å². The average Bonchev–Trinajstić information content (AvgIpc) is 3.25. The summed E-state index contributed by atoms with van der Waals surface area (Å²) in [6.07, 6.45) is 0. The van der Waals surface area contributed by atoms with Gasteiger partial charge < -0.3 is 15.4 Å². The maximum atomic E-state index is 13.3.